The first kappa shape index (κ1) is 14.5. The maximum absolute atomic E-state index is 12.2. The number of carbonyl (C=O) groups is 1. The summed E-state index contributed by atoms with van der Waals surface area (Å²) in [6, 6.07) is -0.145. The first-order valence-electron chi connectivity index (χ1n) is 5.94. The highest BCUT2D eigenvalue weighted by atomic mass is 32.2. The number of thioether (sulfide) groups is 1. The molecule has 2 unspecified atom stereocenters. The van der Waals surface area contributed by atoms with Crippen LogP contribution in [0.1, 0.15) is 12.8 Å². The van der Waals surface area contributed by atoms with Crippen LogP contribution in [0.4, 0.5) is 0 Å². The minimum absolute atomic E-state index is 0.0226. The molecule has 1 heterocycles. The molecule has 98 valence electrons. The number of nitrogens with two attached hydrogens (primary N) is 1. The van der Waals surface area contributed by atoms with Crippen molar-refractivity contribution in [3.63, 3.8) is 0 Å². The van der Waals surface area contributed by atoms with Crippen molar-refractivity contribution in [3.8, 4) is 0 Å². The summed E-state index contributed by atoms with van der Waals surface area (Å²) < 4.78 is 5.06. The third-order valence-corrected chi connectivity index (χ3v) is 4.05. The quantitative estimate of drug-likeness (QED) is 0.689. The largest absolute Gasteiger partial charge is 0.383 e. The molecule has 1 amide bonds. The highest BCUT2D eigenvalue weighted by Crippen LogP contribution is 2.22. The molecule has 0 bridgehead atoms. The zero-order valence-corrected chi connectivity index (χ0v) is 11.2. The predicted molar refractivity (Wildman–Crippen MR) is 72.1 cm³/mol. The van der Waals surface area contributed by atoms with Gasteiger partial charge in [0, 0.05) is 25.4 Å². The Morgan fingerprint density at radius 2 is 2.53 bits per heavy atom. The second kappa shape index (κ2) is 7.74. The lowest BCUT2D eigenvalue weighted by Gasteiger charge is -2.30. The number of methoxy groups -OCH3 is 1. The Morgan fingerprint density at radius 1 is 1.76 bits per heavy atom. The number of rotatable bonds is 7. The summed E-state index contributed by atoms with van der Waals surface area (Å²) in [7, 11) is 1.65. The molecule has 0 radical (unpaired) electrons. The predicted octanol–water partition coefficient (Wildman–Crippen LogP) is 0.870. The third-order valence-electron chi connectivity index (χ3n) is 2.90. The number of hydrogen-bond donors (Lipinski definition) is 1. The second-order valence-corrected chi connectivity index (χ2v) is 5.32. The van der Waals surface area contributed by atoms with Gasteiger partial charge in [0.25, 0.3) is 0 Å². The minimum Gasteiger partial charge on any atom is -0.383 e. The summed E-state index contributed by atoms with van der Waals surface area (Å²) in [5, 5.41) is 0. The molecule has 2 atom stereocenters. The Balaban J connectivity index is 2.59. The molecule has 1 rings (SSSR count). The summed E-state index contributed by atoms with van der Waals surface area (Å²) >= 11 is 1.89. The number of hydrogen-bond acceptors (Lipinski definition) is 4. The SMILES string of the molecule is C=CCC(N)C(=O)N(CCOC)C1CCSC1. The summed E-state index contributed by atoms with van der Waals surface area (Å²) in [6.45, 7) is 4.82. The van der Waals surface area contributed by atoms with E-state index in [9.17, 15) is 4.79 Å². The molecule has 1 aliphatic heterocycles. The molecule has 1 fully saturated rings. The summed E-state index contributed by atoms with van der Waals surface area (Å²) in [6.07, 6.45) is 3.28. The van der Waals surface area contributed by atoms with E-state index >= 15 is 0 Å². The van der Waals surface area contributed by atoms with Crippen LogP contribution in [0.2, 0.25) is 0 Å². The van der Waals surface area contributed by atoms with Crippen LogP contribution in [0.15, 0.2) is 12.7 Å². The van der Waals surface area contributed by atoms with Crippen molar-refractivity contribution in [2.75, 3.05) is 31.8 Å². The fourth-order valence-corrected chi connectivity index (χ4v) is 3.15. The smallest absolute Gasteiger partial charge is 0.240 e. The van der Waals surface area contributed by atoms with Crippen LogP contribution in [-0.4, -0.2) is 54.7 Å². The maximum atomic E-state index is 12.2. The molecule has 0 aliphatic carbocycles. The fourth-order valence-electron chi connectivity index (χ4n) is 1.92. The molecule has 0 aromatic carbocycles. The summed E-state index contributed by atoms with van der Waals surface area (Å²) in [5.41, 5.74) is 5.86. The Morgan fingerprint density at radius 3 is 3.06 bits per heavy atom. The van der Waals surface area contributed by atoms with Crippen LogP contribution in [-0.2, 0) is 9.53 Å². The van der Waals surface area contributed by atoms with E-state index in [0.29, 0.717) is 25.6 Å². The Hall–Kier alpha value is -0.520. The first-order chi connectivity index (χ1) is 8.20. The van der Waals surface area contributed by atoms with E-state index in [1.807, 2.05) is 16.7 Å². The number of ether oxygens (including phenoxy) is 1. The van der Waals surface area contributed by atoms with Crippen LogP contribution in [0.3, 0.4) is 0 Å². The first-order valence-corrected chi connectivity index (χ1v) is 7.09. The lowest BCUT2D eigenvalue weighted by molar-refractivity contribution is -0.135. The normalized spacial score (nSPS) is 21.2. The summed E-state index contributed by atoms with van der Waals surface area (Å²) in [5.74, 6) is 2.16. The second-order valence-electron chi connectivity index (χ2n) is 4.17. The molecule has 0 spiro atoms. The Kier molecular flexibility index (Phi) is 6.62. The molecular formula is C12H22N2O2S. The van der Waals surface area contributed by atoms with Gasteiger partial charge in [-0.25, -0.2) is 0 Å². The average Bonchev–Trinajstić information content (AvgIpc) is 2.83. The molecule has 0 aromatic heterocycles. The Bertz CT molecular complexity index is 255. The fraction of sp³-hybridized carbons (Fsp3) is 0.750. The third kappa shape index (κ3) is 4.33. The van der Waals surface area contributed by atoms with Crippen LogP contribution in [0.25, 0.3) is 0 Å². The zero-order chi connectivity index (χ0) is 12.7. The van der Waals surface area contributed by atoms with Gasteiger partial charge in [0.1, 0.15) is 0 Å². The number of nitrogens with zero attached hydrogens (tertiary/aromatic N) is 1. The number of carbonyl (C=O) groups excluding carboxylic acids is 1. The van der Waals surface area contributed by atoms with E-state index in [2.05, 4.69) is 6.58 Å². The molecule has 1 saturated heterocycles. The summed E-state index contributed by atoms with van der Waals surface area (Å²) in [4.78, 5) is 14.1. The lowest BCUT2D eigenvalue weighted by Crippen LogP contribution is -2.49. The Labute approximate surface area is 108 Å². The zero-order valence-electron chi connectivity index (χ0n) is 10.4. The van der Waals surface area contributed by atoms with Gasteiger partial charge < -0.3 is 15.4 Å². The van der Waals surface area contributed by atoms with E-state index in [0.717, 1.165) is 17.9 Å². The van der Waals surface area contributed by atoms with Gasteiger partial charge in [-0.15, -0.1) is 6.58 Å². The molecule has 5 heteroatoms. The van der Waals surface area contributed by atoms with Crippen molar-refractivity contribution in [3.05, 3.63) is 12.7 Å². The average molecular weight is 258 g/mol. The van der Waals surface area contributed by atoms with E-state index in [4.69, 9.17) is 10.5 Å². The van der Waals surface area contributed by atoms with Gasteiger partial charge in [-0.3, -0.25) is 4.79 Å². The van der Waals surface area contributed by atoms with Gasteiger partial charge in [0.05, 0.1) is 12.6 Å². The maximum Gasteiger partial charge on any atom is 0.240 e. The minimum atomic E-state index is -0.463. The monoisotopic (exact) mass is 258 g/mol. The molecule has 0 aromatic rings. The standard InChI is InChI=1S/C12H22N2O2S/c1-3-4-11(13)12(15)14(6-7-16-2)10-5-8-17-9-10/h3,10-11H,1,4-9,13H2,2H3. The van der Waals surface area contributed by atoms with Crippen molar-refractivity contribution in [1.82, 2.24) is 4.90 Å². The lowest BCUT2D eigenvalue weighted by atomic mass is 10.1. The van der Waals surface area contributed by atoms with Gasteiger partial charge in [0.2, 0.25) is 5.91 Å². The van der Waals surface area contributed by atoms with Crippen molar-refractivity contribution < 1.29 is 9.53 Å². The molecule has 17 heavy (non-hydrogen) atoms. The van der Waals surface area contributed by atoms with Gasteiger partial charge in [-0.1, -0.05) is 6.08 Å². The van der Waals surface area contributed by atoms with Crippen molar-refractivity contribution in [2.45, 2.75) is 24.9 Å². The molecule has 2 N–H and O–H groups in total. The van der Waals surface area contributed by atoms with Crippen molar-refractivity contribution >= 4 is 17.7 Å². The molecule has 0 saturated carbocycles. The van der Waals surface area contributed by atoms with Crippen LogP contribution in [0, 0.1) is 0 Å². The van der Waals surface area contributed by atoms with Crippen LogP contribution < -0.4 is 5.73 Å². The van der Waals surface area contributed by atoms with Crippen molar-refractivity contribution in [2.24, 2.45) is 5.73 Å². The molecule has 4 nitrogen and oxygen atoms in total. The van der Waals surface area contributed by atoms with E-state index in [1.165, 1.54) is 0 Å². The molecular weight excluding hydrogens is 236 g/mol. The number of amides is 1. The topological polar surface area (TPSA) is 55.6 Å². The van der Waals surface area contributed by atoms with Crippen molar-refractivity contribution in [1.29, 1.82) is 0 Å². The van der Waals surface area contributed by atoms with Crippen LogP contribution in [0.5, 0.6) is 0 Å². The van der Waals surface area contributed by atoms with Gasteiger partial charge in [-0.05, 0) is 18.6 Å². The van der Waals surface area contributed by atoms with E-state index < -0.39 is 6.04 Å². The van der Waals surface area contributed by atoms with E-state index in [-0.39, 0.29) is 5.91 Å². The highest BCUT2D eigenvalue weighted by Gasteiger charge is 2.29. The van der Waals surface area contributed by atoms with Crippen LogP contribution >= 0.6 is 11.8 Å². The van der Waals surface area contributed by atoms with Gasteiger partial charge >= 0.3 is 0 Å². The highest BCUT2D eigenvalue weighted by molar-refractivity contribution is 7.99. The van der Waals surface area contributed by atoms with Gasteiger partial charge in [0.15, 0.2) is 0 Å². The van der Waals surface area contributed by atoms with E-state index in [1.54, 1.807) is 13.2 Å². The van der Waals surface area contributed by atoms with Gasteiger partial charge in [-0.2, -0.15) is 11.8 Å². The molecule has 1 aliphatic rings.